The lowest BCUT2D eigenvalue weighted by atomic mass is 10.1. The van der Waals surface area contributed by atoms with Crippen LogP contribution in [0.2, 0.25) is 0 Å². The van der Waals surface area contributed by atoms with E-state index in [1.165, 1.54) is 0 Å². The van der Waals surface area contributed by atoms with Crippen LogP contribution in [0.25, 0.3) is 27.9 Å². The summed E-state index contributed by atoms with van der Waals surface area (Å²) in [5, 5.41) is 0.834. The molecule has 0 bridgehead atoms. The zero-order chi connectivity index (χ0) is 21.7. The van der Waals surface area contributed by atoms with Gasteiger partial charge in [0.2, 0.25) is 0 Å². The van der Waals surface area contributed by atoms with Crippen molar-refractivity contribution in [3.63, 3.8) is 0 Å². The molecule has 3 aromatic heterocycles. The van der Waals surface area contributed by atoms with Gasteiger partial charge >= 0.3 is 5.63 Å². The smallest absolute Gasteiger partial charge is 0.345 e. The first kappa shape index (κ1) is 19.8. The number of likely N-dealkylation sites (tertiary alicyclic amines) is 1. The van der Waals surface area contributed by atoms with E-state index in [1.807, 2.05) is 48.8 Å². The molecule has 31 heavy (non-hydrogen) atoms. The van der Waals surface area contributed by atoms with Crippen molar-refractivity contribution in [2.75, 3.05) is 13.1 Å². The molecule has 0 N–H and O–H groups in total. The molecule has 7 nitrogen and oxygen atoms in total. The second-order valence-corrected chi connectivity index (χ2v) is 8.59. The summed E-state index contributed by atoms with van der Waals surface area (Å²) in [5.41, 5.74) is 3.56. The van der Waals surface area contributed by atoms with Crippen molar-refractivity contribution in [2.24, 2.45) is 0 Å². The third kappa shape index (κ3) is 3.70. The van der Waals surface area contributed by atoms with E-state index in [2.05, 4.69) is 28.7 Å². The summed E-state index contributed by atoms with van der Waals surface area (Å²) in [5.74, 6) is 0.726. The predicted octanol–water partition coefficient (Wildman–Crippen LogP) is 3.98. The van der Waals surface area contributed by atoms with Gasteiger partial charge in [-0.2, -0.15) is 0 Å². The Morgan fingerprint density at radius 2 is 2.00 bits per heavy atom. The summed E-state index contributed by atoms with van der Waals surface area (Å²) in [6.45, 7) is 10.2. The number of imidazole rings is 1. The molecule has 0 saturated carbocycles. The van der Waals surface area contributed by atoms with Crippen LogP contribution in [0.1, 0.15) is 31.7 Å². The van der Waals surface area contributed by atoms with Crippen LogP contribution in [0, 0.1) is 13.8 Å². The standard InChI is InChI=1S/C24H26N4O3/c1-14(2)27-8-7-19(12-27)30-18-6-5-17-9-20(24(29)31-22(17)10-18)21-13-28-11-15(3)25-16(4)23(28)26-21/h5-6,9-11,13-14,19H,7-8,12H2,1-4H3. The second kappa shape index (κ2) is 7.50. The van der Waals surface area contributed by atoms with E-state index in [0.29, 0.717) is 22.9 Å². The molecule has 4 heterocycles. The maximum Gasteiger partial charge on any atom is 0.345 e. The molecular weight excluding hydrogens is 392 g/mol. The fraction of sp³-hybridized carbons (Fsp3) is 0.375. The van der Waals surface area contributed by atoms with Gasteiger partial charge < -0.3 is 13.6 Å². The Morgan fingerprint density at radius 3 is 2.77 bits per heavy atom. The van der Waals surface area contributed by atoms with Crippen molar-refractivity contribution in [3.8, 4) is 17.0 Å². The normalized spacial score (nSPS) is 17.3. The average Bonchev–Trinajstić information content (AvgIpc) is 3.34. The van der Waals surface area contributed by atoms with Crippen LogP contribution in [0.3, 0.4) is 0 Å². The zero-order valence-electron chi connectivity index (χ0n) is 18.3. The predicted molar refractivity (Wildman–Crippen MR) is 120 cm³/mol. The van der Waals surface area contributed by atoms with Gasteiger partial charge in [-0.05, 0) is 52.3 Å². The summed E-state index contributed by atoms with van der Waals surface area (Å²) in [7, 11) is 0. The van der Waals surface area contributed by atoms with Crippen molar-refractivity contribution in [1.82, 2.24) is 19.3 Å². The summed E-state index contributed by atoms with van der Waals surface area (Å²) >= 11 is 0. The fourth-order valence-corrected chi connectivity index (χ4v) is 4.29. The topological polar surface area (TPSA) is 72.9 Å². The fourth-order valence-electron chi connectivity index (χ4n) is 4.29. The number of aryl methyl sites for hydroxylation is 2. The number of aromatic nitrogens is 3. The van der Waals surface area contributed by atoms with Crippen molar-refractivity contribution in [1.29, 1.82) is 0 Å². The third-order valence-electron chi connectivity index (χ3n) is 5.92. The van der Waals surface area contributed by atoms with Gasteiger partial charge in [-0.1, -0.05) is 0 Å². The second-order valence-electron chi connectivity index (χ2n) is 8.59. The molecular formula is C24H26N4O3. The number of hydrogen-bond donors (Lipinski definition) is 0. The molecule has 1 aliphatic rings. The van der Waals surface area contributed by atoms with E-state index in [-0.39, 0.29) is 6.10 Å². The highest BCUT2D eigenvalue weighted by atomic mass is 16.5. The van der Waals surface area contributed by atoms with E-state index in [9.17, 15) is 4.79 Å². The molecule has 0 spiro atoms. The molecule has 0 amide bonds. The molecule has 5 rings (SSSR count). The minimum absolute atomic E-state index is 0.157. The minimum atomic E-state index is -0.415. The van der Waals surface area contributed by atoms with Gasteiger partial charge in [0.1, 0.15) is 17.4 Å². The van der Waals surface area contributed by atoms with Gasteiger partial charge in [0.25, 0.3) is 0 Å². The van der Waals surface area contributed by atoms with Crippen molar-refractivity contribution in [2.45, 2.75) is 46.3 Å². The molecule has 1 unspecified atom stereocenters. The minimum Gasteiger partial charge on any atom is -0.489 e. The molecule has 0 radical (unpaired) electrons. The Balaban J connectivity index is 1.46. The Hall–Kier alpha value is -3.19. The lowest BCUT2D eigenvalue weighted by Gasteiger charge is -2.20. The molecule has 4 aromatic rings. The summed E-state index contributed by atoms with van der Waals surface area (Å²) in [4.78, 5) is 24.2. The van der Waals surface area contributed by atoms with E-state index in [0.717, 1.165) is 47.7 Å². The molecule has 1 fully saturated rings. The van der Waals surface area contributed by atoms with E-state index >= 15 is 0 Å². The quantitative estimate of drug-likeness (QED) is 0.467. The van der Waals surface area contributed by atoms with Gasteiger partial charge in [0.05, 0.1) is 22.6 Å². The van der Waals surface area contributed by atoms with Crippen molar-refractivity contribution in [3.05, 3.63) is 58.5 Å². The highest BCUT2D eigenvalue weighted by molar-refractivity contribution is 5.82. The Bertz CT molecular complexity index is 1340. The number of rotatable bonds is 4. The van der Waals surface area contributed by atoms with Crippen LogP contribution in [0.4, 0.5) is 0 Å². The van der Waals surface area contributed by atoms with Gasteiger partial charge in [-0.15, -0.1) is 0 Å². The summed E-state index contributed by atoms with van der Waals surface area (Å²) in [6, 6.07) is 8.02. The average molecular weight is 418 g/mol. The van der Waals surface area contributed by atoms with Gasteiger partial charge in [-0.25, -0.2) is 9.78 Å². The monoisotopic (exact) mass is 418 g/mol. The Morgan fingerprint density at radius 1 is 1.16 bits per heavy atom. The van der Waals surface area contributed by atoms with Crippen LogP contribution in [0.5, 0.6) is 5.75 Å². The van der Waals surface area contributed by atoms with Gasteiger partial charge in [0, 0.05) is 43.0 Å². The van der Waals surface area contributed by atoms with Crippen molar-refractivity contribution < 1.29 is 9.15 Å². The van der Waals surface area contributed by atoms with Gasteiger partial charge in [-0.3, -0.25) is 9.88 Å². The highest BCUT2D eigenvalue weighted by Gasteiger charge is 2.25. The molecule has 1 atom stereocenters. The molecule has 0 aliphatic carbocycles. The first-order valence-electron chi connectivity index (χ1n) is 10.7. The lowest BCUT2D eigenvalue weighted by Crippen LogP contribution is -2.30. The summed E-state index contributed by atoms with van der Waals surface area (Å²) < 4.78 is 13.7. The van der Waals surface area contributed by atoms with Crippen LogP contribution >= 0.6 is 0 Å². The number of ether oxygens (including phenoxy) is 1. The van der Waals surface area contributed by atoms with Crippen LogP contribution in [-0.4, -0.2) is 44.5 Å². The largest absolute Gasteiger partial charge is 0.489 e. The van der Waals surface area contributed by atoms with E-state index in [4.69, 9.17) is 9.15 Å². The van der Waals surface area contributed by atoms with Crippen LogP contribution < -0.4 is 10.4 Å². The van der Waals surface area contributed by atoms with Gasteiger partial charge in [0.15, 0.2) is 5.65 Å². The Labute approximate surface area is 180 Å². The first-order chi connectivity index (χ1) is 14.9. The zero-order valence-corrected chi connectivity index (χ0v) is 18.3. The lowest BCUT2D eigenvalue weighted by molar-refractivity contribution is 0.187. The van der Waals surface area contributed by atoms with E-state index < -0.39 is 5.63 Å². The number of nitrogens with zero attached hydrogens (tertiary/aromatic N) is 4. The maximum atomic E-state index is 12.8. The van der Waals surface area contributed by atoms with E-state index in [1.54, 1.807) is 6.07 Å². The summed E-state index contributed by atoms with van der Waals surface area (Å²) in [6.07, 6.45) is 4.90. The number of hydrogen-bond acceptors (Lipinski definition) is 6. The molecule has 1 aliphatic heterocycles. The van der Waals surface area contributed by atoms with Crippen LogP contribution in [-0.2, 0) is 0 Å². The van der Waals surface area contributed by atoms with Crippen molar-refractivity contribution >= 4 is 16.6 Å². The first-order valence-corrected chi connectivity index (χ1v) is 10.7. The molecule has 7 heteroatoms. The molecule has 1 saturated heterocycles. The number of fused-ring (bicyclic) bond motifs is 2. The Kier molecular flexibility index (Phi) is 4.78. The number of benzene rings is 1. The van der Waals surface area contributed by atoms with Crippen LogP contribution in [0.15, 0.2) is 45.9 Å². The maximum absolute atomic E-state index is 12.8. The third-order valence-corrected chi connectivity index (χ3v) is 5.92. The molecule has 160 valence electrons. The molecule has 1 aromatic carbocycles. The SMILES string of the molecule is Cc1cn2cc(-c3cc4ccc(OC5CCN(C(C)C)C5)cc4oc3=O)nc2c(C)n1. The highest BCUT2D eigenvalue weighted by Crippen LogP contribution is 2.26.